The van der Waals surface area contributed by atoms with Crippen molar-refractivity contribution in [2.45, 2.75) is 51.6 Å². The summed E-state index contributed by atoms with van der Waals surface area (Å²) in [6.07, 6.45) is 0. The number of benzene rings is 2. The third kappa shape index (κ3) is 5.50. The Kier molecular flexibility index (Phi) is 7.44. The Hall–Kier alpha value is -2.73. The molecule has 0 aliphatic heterocycles. The molecule has 0 saturated carbocycles. The number of thioether (sulfide) groups is 1. The fraction of sp³-hybridized carbons (Fsp3) is 0.360. The lowest BCUT2D eigenvalue weighted by molar-refractivity contribution is -0.115. The summed E-state index contributed by atoms with van der Waals surface area (Å²) in [4.78, 5) is 18.3. The second-order valence-electron chi connectivity index (χ2n) is 8.17. The number of aryl methyl sites for hydroxylation is 2. The number of amides is 1. The van der Waals surface area contributed by atoms with Gasteiger partial charge >= 0.3 is 0 Å². The van der Waals surface area contributed by atoms with Crippen LogP contribution in [0.5, 0.6) is 5.75 Å². The van der Waals surface area contributed by atoms with E-state index in [1.54, 1.807) is 7.11 Å². The fourth-order valence-electron chi connectivity index (χ4n) is 3.42. The van der Waals surface area contributed by atoms with Gasteiger partial charge in [0.15, 0.2) is 5.16 Å². The number of hydrogen-bond acceptors (Lipinski definition) is 4. The Bertz CT molecular complexity index is 1040. The van der Waals surface area contributed by atoms with E-state index in [0.29, 0.717) is 17.4 Å². The molecule has 31 heavy (non-hydrogen) atoms. The van der Waals surface area contributed by atoms with Crippen molar-refractivity contribution in [1.29, 1.82) is 0 Å². The molecular weight excluding hydrogens is 406 g/mol. The van der Waals surface area contributed by atoms with Crippen molar-refractivity contribution < 1.29 is 9.53 Å². The zero-order valence-electron chi connectivity index (χ0n) is 19.1. The average molecular weight is 438 g/mol. The molecule has 3 aromatic rings. The highest BCUT2D eigenvalue weighted by atomic mass is 32.2. The second-order valence-corrected chi connectivity index (χ2v) is 9.24. The van der Waals surface area contributed by atoms with Crippen molar-refractivity contribution in [3.05, 3.63) is 71.0 Å². The number of rotatable bonds is 8. The maximum atomic E-state index is 13.5. The summed E-state index contributed by atoms with van der Waals surface area (Å²) >= 11 is 1.49. The largest absolute Gasteiger partial charge is 0.495 e. The van der Waals surface area contributed by atoms with Crippen LogP contribution in [0.1, 0.15) is 41.6 Å². The summed E-state index contributed by atoms with van der Waals surface area (Å²) in [7, 11) is 1.61. The molecule has 6 heteroatoms. The first-order valence-corrected chi connectivity index (χ1v) is 11.4. The number of aromatic nitrogens is 2. The Morgan fingerprint density at radius 1 is 1.13 bits per heavy atom. The number of carbonyl (C=O) groups is 1. The highest BCUT2D eigenvalue weighted by Crippen LogP contribution is 2.38. The molecule has 1 amide bonds. The van der Waals surface area contributed by atoms with Gasteiger partial charge in [0.05, 0.1) is 18.5 Å². The summed E-state index contributed by atoms with van der Waals surface area (Å²) in [5, 5.41) is 3.50. The molecule has 0 radical (unpaired) electrons. The lowest BCUT2D eigenvalue weighted by atomic mass is 10.1. The molecule has 0 aliphatic rings. The summed E-state index contributed by atoms with van der Waals surface area (Å²) in [5.74, 6) is 1.02. The molecule has 5 nitrogen and oxygen atoms in total. The average Bonchev–Trinajstić information content (AvgIpc) is 2.99. The molecule has 0 bridgehead atoms. The van der Waals surface area contributed by atoms with E-state index in [0.717, 1.165) is 34.2 Å². The summed E-state index contributed by atoms with van der Waals surface area (Å²) < 4.78 is 7.67. The Morgan fingerprint density at radius 2 is 1.84 bits per heavy atom. The first kappa shape index (κ1) is 22.9. The van der Waals surface area contributed by atoms with Gasteiger partial charge in [-0.25, -0.2) is 4.98 Å². The van der Waals surface area contributed by atoms with Crippen molar-refractivity contribution in [3.63, 3.8) is 0 Å². The molecule has 3 rings (SSSR count). The van der Waals surface area contributed by atoms with Crippen LogP contribution in [-0.2, 0) is 11.3 Å². The molecule has 1 N–H and O–H groups in total. The number of hydrogen-bond donors (Lipinski definition) is 1. The molecule has 0 spiro atoms. The number of anilines is 1. The van der Waals surface area contributed by atoms with Crippen LogP contribution >= 0.6 is 11.8 Å². The van der Waals surface area contributed by atoms with Gasteiger partial charge < -0.3 is 14.6 Å². The Morgan fingerprint density at radius 3 is 2.48 bits per heavy atom. The molecule has 1 unspecified atom stereocenters. The Balaban J connectivity index is 1.97. The van der Waals surface area contributed by atoms with Gasteiger partial charge in [0.25, 0.3) is 0 Å². The van der Waals surface area contributed by atoms with E-state index >= 15 is 0 Å². The smallest absolute Gasteiger partial charge is 0.242 e. The first-order chi connectivity index (χ1) is 14.8. The van der Waals surface area contributed by atoms with E-state index in [2.05, 4.69) is 30.7 Å². The Labute approximate surface area is 189 Å². The van der Waals surface area contributed by atoms with Gasteiger partial charge in [0, 0.05) is 12.2 Å². The van der Waals surface area contributed by atoms with Crippen LogP contribution in [-0.4, -0.2) is 22.6 Å². The normalized spacial score (nSPS) is 12.1. The third-order valence-corrected chi connectivity index (χ3v) is 6.39. The zero-order valence-corrected chi connectivity index (χ0v) is 19.9. The van der Waals surface area contributed by atoms with Crippen LogP contribution in [0.4, 0.5) is 5.69 Å². The van der Waals surface area contributed by atoms with Crippen LogP contribution in [0, 0.1) is 26.7 Å². The van der Waals surface area contributed by atoms with E-state index in [1.807, 2.05) is 62.4 Å². The monoisotopic (exact) mass is 437 g/mol. The quantitative estimate of drug-likeness (QED) is 0.443. The third-order valence-electron chi connectivity index (χ3n) is 5.15. The van der Waals surface area contributed by atoms with E-state index in [-0.39, 0.29) is 5.91 Å². The van der Waals surface area contributed by atoms with Gasteiger partial charge in [-0.1, -0.05) is 62.0 Å². The minimum absolute atomic E-state index is 0.102. The topological polar surface area (TPSA) is 56.1 Å². The first-order valence-electron chi connectivity index (χ1n) is 10.5. The minimum atomic E-state index is -0.446. The maximum Gasteiger partial charge on any atom is 0.242 e. The second kappa shape index (κ2) is 10.1. The van der Waals surface area contributed by atoms with Crippen molar-refractivity contribution in [2.24, 2.45) is 5.92 Å². The summed E-state index contributed by atoms with van der Waals surface area (Å²) in [6.45, 7) is 11.3. The SMILES string of the molecule is COc1ccc(C)cc1NC(=O)C(Sc1nc(C)c(C)n1CC(C)C)c1ccccc1. The van der Waals surface area contributed by atoms with Crippen molar-refractivity contribution in [2.75, 3.05) is 12.4 Å². The summed E-state index contributed by atoms with van der Waals surface area (Å²) in [5.41, 5.74) is 4.80. The van der Waals surface area contributed by atoms with Gasteiger partial charge in [-0.3, -0.25) is 4.79 Å². The molecule has 1 atom stereocenters. The van der Waals surface area contributed by atoms with Crippen molar-refractivity contribution >= 4 is 23.4 Å². The highest BCUT2D eigenvalue weighted by Gasteiger charge is 2.26. The zero-order chi connectivity index (χ0) is 22.5. The van der Waals surface area contributed by atoms with Gasteiger partial charge in [-0.2, -0.15) is 0 Å². The van der Waals surface area contributed by atoms with Crippen LogP contribution in [0.3, 0.4) is 0 Å². The van der Waals surface area contributed by atoms with E-state index in [1.165, 1.54) is 11.8 Å². The molecule has 1 heterocycles. The van der Waals surface area contributed by atoms with E-state index in [4.69, 9.17) is 9.72 Å². The van der Waals surface area contributed by atoms with Crippen LogP contribution in [0.15, 0.2) is 53.7 Å². The van der Waals surface area contributed by atoms with Gasteiger partial charge in [0.2, 0.25) is 5.91 Å². The number of carbonyl (C=O) groups excluding carboxylic acids is 1. The molecule has 164 valence electrons. The van der Waals surface area contributed by atoms with Gasteiger partial charge in [-0.05, 0) is 49.9 Å². The molecule has 2 aromatic carbocycles. The maximum absolute atomic E-state index is 13.5. The van der Waals surface area contributed by atoms with Crippen molar-refractivity contribution in [3.8, 4) is 5.75 Å². The number of methoxy groups -OCH3 is 1. The standard InChI is InChI=1S/C25H31N3O2S/c1-16(2)15-28-19(5)18(4)26-25(28)31-23(20-10-8-7-9-11-20)24(29)27-21-14-17(3)12-13-22(21)30-6/h7-14,16,23H,15H2,1-6H3,(H,27,29). The predicted molar refractivity (Wildman–Crippen MR) is 128 cm³/mol. The highest BCUT2D eigenvalue weighted by molar-refractivity contribution is 8.00. The molecule has 1 aromatic heterocycles. The lowest BCUT2D eigenvalue weighted by Crippen LogP contribution is -2.20. The molecule has 0 fully saturated rings. The van der Waals surface area contributed by atoms with Gasteiger partial charge in [0.1, 0.15) is 11.0 Å². The van der Waals surface area contributed by atoms with Crippen LogP contribution in [0.25, 0.3) is 0 Å². The predicted octanol–water partition coefficient (Wildman–Crippen LogP) is 5.95. The lowest BCUT2D eigenvalue weighted by Gasteiger charge is -2.19. The van der Waals surface area contributed by atoms with Crippen LogP contribution in [0.2, 0.25) is 0 Å². The number of nitrogens with one attached hydrogen (secondary N) is 1. The summed E-state index contributed by atoms with van der Waals surface area (Å²) in [6, 6.07) is 15.6. The fourth-order valence-corrected chi connectivity index (χ4v) is 4.62. The number of nitrogens with zero attached hydrogens (tertiary/aromatic N) is 2. The molecule has 0 aliphatic carbocycles. The van der Waals surface area contributed by atoms with E-state index < -0.39 is 5.25 Å². The van der Waals surface area contributed by atoms with Gasteiger partial charge in [-0.15, -0.1) is 0 Å². The van der Waals surface area contributed by atoms with E-state index in [9.17, 15) is 4.79 Å². The van der Waals surface area contributed by atoms with Crippen molar-refractivity contribution in [1.82, 2.24) is 9.55 Å². The van der Waals surface area contributed by atoms with Crippen LogP contribution < -0.4 is 10.1 Å². The molecular formula is C25H31N3O2S. The number of ether oxygens (including phenoxy) is 1. The number of imidazole rings is 1. The molecule has 0 saturated heterocycles. The minimum Gasteiger partial charge on any atom is -0.495 e.